The van der Waals surface area contributed by atoms with E-state index in [1.165, 1.54) is 19.2 Å². The van der Waals surface area contributed by atoms with Crippen molar-refractivity contribution >= 4 is 11.7 Å². The summed E-state index contributed by atoms with van der Waals surface area (Å²) in [6, 6.07) is 3.31. The van der Waals surface area contributed by atoms with E-state index in [-0.39, 0.29) is 17.8 Å². The Morgan fingerprint density at radius 2 is 1.93 bits per heavy atom. The van der Waals surface area contributed by atoms with E-state index in [9.17, 15) is 18.0 Å². The number of benzene rings is 1. The highest BCUT2D eigenvalue weighted by atomic mass is 19.4. The molecule has 0 radical (unpaired) electrons. The molecule has 154 valence electrons. The van der Waals surface area contributed by atoms with Crippen LogP contribution >= 0.6 is 0 Å². The maximum atomic E-state index is 13.1. The maximum Gasteiger partial charge on any atom is 0.419 e. The number of carbonyl (C=O) groups is 1. The Morgan fingerprint density at radius 1 is 1.21 bits per heavy atom. The lowest BCUT2D eigenvalue weighted by atomic mass is 9.89. The zero-order valence-corrected chi connectivity index (χ0v) is 16.3. The Morgan fingerprint density at radius 3 is 2.50 bits per heavy atom. The molecule has 0 spiro atoms. The van der Waals surface area contributed by atoms with E-state index in [0.717, 1.165) is 11.6 Å². The first-order valence-corrected chi connectivity index (χ1v) is 9.05. The van der Waals surface area contributed by atoms with Gasteiger partial charge in [-0.05, 0) is 50.5 Å². The predicted octanol–water partition coefficient (Wildman–Crippen LogP) is 4.51. The van der Waals surface area contributed by atoms with E-state index in [4.69, 9.17) is 14.2 Å². The second kappa shape index (κ2) is 7.31. The molecule has 2 bridgehead atoms. The van der Waals surface area contributed by atoms with E-state index in [1.54, 1.807) is 25.7 Å². The number of ether oxygens (including phenoxy) is 3. The largest absolute Gasteiger partial charge is 0.496 e. The molecule has 1 amide bonds. The SMILES string of the molecule is COc1cc(C2=CC3COCC(C2)N3C(=O)OC(C)(C)C)ccc1C(F)(F)F. The van der Waals surface area contributed by atoms with Gasteiger partial charge < -0.3 is 14.2 Å². The summed E-state index contributed by atoms with van der Waals surface area (Å²) in [4.78, 5) is 14.3. The first kappa shape index (κ1) is 20.5. The van der Waals surface area contributed by atoms with E-state index in [1.807, 2.05) is 6.08 Å². The summed E-state index contributed by atoms with van der Waals surface area (Å²) >= 11 is 0. The Balaban J connectivity index is 1.90. The smallest absolute Gasteiger partial charge is 0.419 e. The van der Waals surface area contributed by atoms with Gasteiger partial charge in [-0.15, -0.1) is 0 Å². The lowest BCUT2D eigenvalue weighted by Crippen LogP contribution is -2.57. The first-order valence-electron chi connectivity index (χ1n) is 9.05. The average molecular weight is 399 g/mol. The number of nitrogens with zero attached hydrogens (tertiary/aromatic N) is 1. The molecule has 2 atom stereocenters. The molecule has 2 aliphatic rings. The number of morpholine rings is 1. The van der Waals surface area contributed by atoms with Gasteiger partial charge in [0.1, 0.15) is 11.4 Å². The van der Waals surface area contributed by atoms with Gasteiger partial charge in [0, 0.05) is 0 Å². The number of halogens is 3. The van der Waals surface area contributed by atoms with Crippen LogP contribution in [0, 0.1) is 0 Å². The van der Waals surface area contributed by atoms with Crippen molar-refractivity contribution in [1.29, 1.82) is 0 Å². The lowest BCUT2D eigenvalue weighted by molar-refractivity contribution is -0.138. The summed E-state index contributed by atoms with van der Waals surface area (Å²) < 4.78 is 55.3. The molecule has 1 fully saturated rings. The summed E-state index contributed by atoms with van der Waals surface area (Å²) in [5.74, 6) is -0.220. The summed E-state index contributed by atoms with van der Waals surface area (Å²) in [5.41, 5.74) is 0.0848. The molecule has 2 aliphatic heterocycles. The Kier molecular flexibility index (Phi) is 5.36. The summed E-state index contributed by atoms with van der Waals surface area (Å²) in [7, 11) is 1.22. The van der Waals surface area contributed by atoms with Crippen molar-refractivity contribution in [2.45, 2.75) is 51.1 Å². The number of carbonyl (C=O) groups excluding carboxylic acids is 1. The number of methoxy groups -OCH3 is 1. The third kappa shape index (κ3) is 4.27. The van der Waals surface area contributed by atoms with Crippen LogP contribution in [0.25, 0.3) is 5.57 Å². The zero-order valence-electron chi connectivity index (χ0n) is 16.3. The molecule has 0 N–H and O–H groups in total. The summed E-state index contributed by atoms with van der Waals surface area (Å²) in [6.07, 6.45) is -2.57. The molecule has 8 heteroatoms. The molecule has 2 heterocycles. The van der Waals surface area contributed by atoms with Crippen LogP contribution in [-0.2, 0) is 15.7 Å². The number of fused-ring (bicyclic) bond motifs is 2. The molecular weight excluding hydrogens is 375 g/mol. The fourth-order valence-electron chi connectivity index (χ4n) is 3.53. The molecule has 2 unspecified atom stereocenters. The van der Waals surface area contributed by atoms with Crippen LogP contribution < -0.4 is 4.74 Å². The molecule has 0 aliphatic carbocycles. The molecule has 1 aromatic carbocycles. The van der Waals surface area contributed by atoms with E-state index < -0.39 is 23.4 Å². The van der Waals surface area contributed by atoms with Crippen LogP contribution in [-0.4, -0.2) is 49.0 Å². The van der Waals surface area contributed by atoms with Crippen molar-refractivity contribution in [2.75, 3.05) is 20.3 Å². The van der Waals surface area contributed by atoms with Gasteiger partial charge in [0.15, 0.2) is 0 Å². The zero-order chi connectivity index (χ0) is 20.7. The first-order chi connectivity index (χ1) is 13.0. The van der Waals surface area contributed by atoms with Crippen molar-refractivity contribution in [3.63, 3.8) is 0 Å². The van der Waals surface area contributed by atoms with Gasteiger partial charge in [-0.2, -0.15) is 13.2 Å². The van der Waals surface area contributed by atoms with Gasteiger partial charge in [-0.3, -0.25) is 4.90 Å². The Bertz CT molecular complexity index is 783. The Hall–Kier alpha value is -2.22. The Labute approximate surface area is 162 Å². The molecule has 1 saturated heterocycles. The predicted molar refractivity (Wildman–Crippen MR) is 97.1 cm³/mol. The molecule has 1 aromatic rings. The maximum absolute atomic E-state index is 13.1. The van der Waals surface area contributed by atoms with Crippen LogP contribution in [0.1, 0.15) is 38.3 Å². The van der Waals surface area contributed by atoms with E-state index >= 15 is 0 Å². The molecule has 3 rings (SSSR count). The second-order valence-corrected chi connectivity index (χ2v) is 7.96. The topological polar surface area (TPSA) is 48.0 Å². The van der Waals surface area contributed by atoms with Crippen molar-refractivity contribution < 1.29 is 32.2 Å². The summed E-state index contributed by atoms with van der Waals surface area (Å²) in [5, 5.41) is 0. The number of alkyl halides is 3. The number of hydrogen-bond acceptors (Lipinski definition) is 4. The van der Waals surface area contributed by atoms with Gasteiger partial charge in [0.25, 0.3) is 0 Å². The van der Waals surface area contributed by atoms with Crippen LogP contribution in [0.3, 0.4) is 0 Å². The van der Waals surface area contributed by atoms with Gasteiger partial charge in [0.2, 0.25) is 0 Å². The van der Waals surface area contributed by atoms with Gasteiger partial charge in [-0.25, -0.2) is 4.79 Å². The fourth-order valence-corrected chi connectivity index (χ4v) is 3.53. The van der Waals surface area contributed by atoms with Crippen molar-refractivity contribution in [3.05, 3.63) is 35.4 Å². The third-order valence-corrected chi connectivity index (χ3v) is 4.68. The van der Waals surface area contributed by atoms with Crippen LogP contribution in [0.2, 0.25) is 0 Å². The minimum Gasteiger partial charge on any atom is -0.496 e. The summed E-state index contributed by atoms with van der Waals surface area (Å²) in [6.45, 7) is 6.08. The quantitative estimate of drug-likeness (QED) is 0.735. The standard InChI is InChI=1S/C20H24F3NO4/c1-19(2,3)28-18(25)24-14-7-13(8-15(24)11-27-10-14)12-5-6-16(20(21,22)23)17(9-12)26-4/h5-7,9,14-15H,8,10-11H2,1-4H3. The molecule has 5 nitrogen and oxygen atoms in total. The van der Waals surface area contributed by atoms with Crippen LogP contribution in [0.15, 0.2) is 24.3 Å². The van der Waals surface area contributed by atoms with Gasteiger partial charge >= 0.3 is 12.3 Å². The minimum absolute atomic E-state index is 0.220. The molecule has 28 heavy (non-hydrogen) atoms. The van der Waals surface area contributed by atoms with Crippen molar-refractivity contribution in [2.24, 2.45) is 0 Å². The van der Waals surface area contributed by atoms with Crippen LogP contribution in [0.4, 0.5) is 18.0 Å². The monoisotopic (exact) mass is 399 g/mol. The minimum atomic E-state index is -4.48. The molecular formula is C20H24F3NO4. The fraction of sp³-hybridized carbons (Fsp3) is 0.550. The van der Waals surface area contributed by atoms with E-state index in [0.29, 0.717) is 25.2 Å². The number of rotatable bonds is 2. The lowest BCUT2D eigenvalue weighted by Gasteiger charge is -2.44. The van der Waals surface area contributed by atoms with Crippen molar-refractivity contribution in [1.82, 2.24) is 4.90 Å². The van der Waals surface area contributed by atoms with Gasteiger partial charge in [0.05, 0.1) is 38.0 Å². The average Bonchev–Trinajstić information content (AvgIpc) is 2.57. The molecule has 0 saturated carbocycles. The van der Waals surface area contributed by atoms with Crippen molar-refractivity contribution in [3.8, 4) is 5.75 Å². The second-order valence-electron chi connectivity index (χ2n) is 7.96. The van der Waals surface area contributed by atoms with Gasteiger partial charge in [-0.1, -0.05) is 12.1 Å². The normalized spacial score (nSPS) is 22.5. The third-order valence-electron chi connectivity index (χ3n) is 4.68. The van der Waals surface area contributed by atoms with Crippen LogP contribution in [0.5, 0.6) is 5.75 Å². The highest BCUT2D eigenvalue weighted by Gasteiger charge is 2.40. The molecule has 0 aromatic heterocycles. The van der Waals surface area contributed by atoms with E-state index in [2.05, 4.69) is 0 Å². The number of hydrogen-bond donors (Lipinski definition) is 0. The highest BCUT2D eigenvalue weighted by molar-refractivity contribution is 5.75. The highest BCUT2D eigenvalue weighted by Crippen LogP contribution is 2.40. The number of amides is 1.